The Labute approximate surface area is 93.9 Å². The van der Waals surface area contributed by atoms with Crippen LogP contribution in [-0.4, -0.2) is 11.5 Å². The predicted molar refractivity (Wildman–Crippen MR) is 58.3 cm³/mol. The van der Waals surface area contributed by atoms with E-state index < -0.39 is 6.43 Å². The van der Waals surface area contributed by atoms with Crippen molar-refractivity contribution >= 4 is 0 Å². The fourth-order valence-electron chi connectivity index (χ4n) is 1.91. The molecule has 88 valence electrons. The van der Waals surface area contributed by atoms with Gasteiger partial charge < -0.3 is 5.73 Å². The largest absolute Gasteiger partial charge is 0.330 e. The Morgan fingerprint density at radius 2 is 2.12 bits per heavy atom. The summed E-state index contributed by atoms with van der Waals surface area (Å²) >= 11 is 0. The van der Waals surface area contributed by atoms with Gasteiger partial charge in [0.1, 0.15) is 5.69 Å². The summed E-state index contributed by atoms with van der Waals surface area (Å²) in [5, 5.41) is 0. The second-order valence-electron chi connectivity index (χ2n) is 4.43. The number of nitrogens with zero attached hydrogens (tertiary/aromatic N) is 1. The zero-order valence-corrected chi connectivity index (χ0v) is 9.07. The van der Waals surface area contributed by atoms with Crippen molar-refractivity contribution < 1.29 is 8.78 Å². The first-order valence-electron chi connectivity index (χ1n) is 5.64. The van der Waals surface area contributed by atoms with E-state index in [0.717, 1.165) is 17.9 Å². The standard InChI is InChI=1S/C12H16F2N2/c13-12(14)11-4-3-9(7-16-11)10(6-15)5-8-1-2-8/h3-4,7-8,10,12H,1-2,5-6,15H2/t10-/m1/s1. The maximum absolute atomic E-state index is 12.3. The smallest absolute Gasteiger partial charge is 0.280 e. The van der Waals surface area contributed by atoms with Crippen LogP contribution in [0.25, 0.3) is 0 Å². The molecule has 2 nitrogen and oxygen atoms in total. The minimum atomic E-state index is -2.49. The number of halogens is 2. The van der Waals surface area contributed by atoms with Crippen LogP contribution in [0.4, 0.5) is 8.78 Å². The number of rotatable bonds is 5. The Hall–Kier alpha value is -1.03. The van der Waals surface area contributed by atoms with Gasteiger partial charge in [0.15, 0.2) is 0 Å². The molecule has 0 spiro atoms. The van der Waals surface area contributed by atoms with Crippen LogP contribution in [0.5, 0.6) is 0 Å². The fourth-order valence-corrected chi connectivity index (χ4v) is 1.91. The van der Waals surface area contributed by atoms with E-state index >= 15 is 0 Å². The maximum Gasteiger partial charge on any atom is 0.280 e. The molecule has 16 heavy (non-hydrogen) atoms. The molecule has 1 heterocycles. The lowest BCUT2D eigenvalue weighted by Gasteiger charge is -2.14. The van der Waals surface area contributed by atoms with E-state index in [4.69, 9.17) is 5.73 Å². The number of pyridine rings is 1. The number of hydrogen-bond donors (Lipinski definition) is 1. The molecule has 2 rings (SSSR count). The van der Waals surface area contributed by atoms with Crippen molar-refractivity contribution in [1.82, 2.24) is 4.98 Å². The Bertz CT molecular complexity index is 333. The van der Waals surface area contributed by atoms with Crippen LogP contribution in [0.1, 0.15) is 42.9 Å². The van der Waals surface area contributed by atoms with E-state index in [1.54, 1.807) is 12.3 Å². The lowest BCUT2D eigenvalue weighted by atomic mass is 9.95. The molecule has 0 saturated heterocycles. The average Bonchev–Trinajstić information content (AvgIpc) is 3.10. The van der Waals surface area contributed by atoms with Crippen molar-refractivity contribution in [2.45, 2.75) is 31.6 Å². The topological polar surface area (TPSA) is 38.9 Å². The fraction of sp³-hybridized carbons (Fsp3) is 0.583. The molecule has 1 aliphatic carbocycles. The van der Waals surface area contributed by atoms with Crippen molar-refractivity contribution in [2.75, 3.05) is 6.54 Å². The van der Waals surface area contributed by atoms with Gasteiger partial charge in [-0.15, -0.1) is 0 Å². The van der Waals surface area contributed by atoms with Crippen LogP contribution >= 0.6 is 0 Å². The van der Waals surface area contributed by atoms with E-state index in [9.17, 15) is 8.78 Å². The molecule has 1 atom stereocenters. The second kappa shape index (κ2) is 4.87. The molecule has 1 aromatic rings. The lowest BCUT2D eigenvalue weighted by molar-refractivity contribution is 0.146. The van der Waals surface area contributed by atoms with Crippen molar-refractivity contribution in [2.24, 2.45) is 11.7 Å². The summed E-state index contributed by atoms with van der Waals surface area (Å²) in [4.78, 5) is 3.77. The summed E-state index contributed by atoms with van der Waals surface area (Å²) in [7, 11) is 0. The van der Waals surface area contributed by atoms with E-state index in [0.29, 0.717) is 6.54 Å². The highest BCUT2D eigenvalue weighted by atomic mass is 19.3. The molecule has 1 fully saturated rings. The predicted octanol–water partition coefficient (Wildman–Crippen LogP) is 2.86. The summed E-state index contributed by atoms with van der Waals surface area (Å²) in [6, 6.07) is 3.13. The molecule has 1 aromatic heterocycles. The molecule has 0 aromatic carbocycles. The van der Waals surface area contributed by atoms with Crippen LogP contribution in [0.15, 0.2) is 18.3 Å². The summed E-state index contributed by atoms with van der Waals surface area (Å²) in [6.07, 6.45) is 2.67. The third-order valence-corrected chi connectivity index (χ3v) is 3.10. The van der Waals surface area contributed by atoms with Crippen LogP contribution in [0.2, 0.25) is 0 Å². The number of alkyl halides is 2. The average molecular weight is 226 g/mol. The normalized spacial score (nSPS) is 17.8. The maximum atomic E-state index is 12.3. The molecule has 0 radical (unpaired) electrons. The summed E-state index contributed by atoms with van der Waals surface area (Å²) in [5.74, 6) is 1.05. The third-order valence-electron chi connectivity index (χ3n) is 3.10. The molecule has 0 aliphatic heterocycles. The molecular weight excluding hydrogens is 210 g/mol. The highest BCUT2D eigenvalue weighted by Gasteiger charge is 2.25. The third kappa shape index (κ3) is 2.76. The Morgan fingerprint density at radius 1 is 1.38 bits per heavy atom. The first-order chi connectivity index (χ1) is 7.70. The van der Waals surface area contributed by atoms with Crippen molar-refractivity contribution in [3.63, 3.8) is 0 Å². The number of nitrogens with two attached hydrogens (primary N) is 1. The van der Waals surface area contributed by atoms with Crippen LogP contribution in [0, 0.1) is 5.92 Å². The summed E-state index contributed by atoms with van der Waals surface area (Å²) < 4.78 is 24.6. The van der Waals surface area contributed by atoms with Gasteiger partial charge in [-0.1, -0.05) is 18.9 Å². The van der Waals surface area contributed by atoms with Crippen LogP contribution in [-0.2, 0) is 0 Å². The van der Waals surface area contributed by atoms with Crippen molar-refractivity contribution in [3.8, 4) is 0 Å². The Morgan fingerprint density at radius 3 is 2.56 bits per heavy atom. The van der Waals surface area contributed by atoms with Gasteiger partial charge in [-0.2, -0.15) is 0 Å². The molecule has 0 bridgehead atoms. The van der Waals surface area contributed by atoms with E-state index in [1.165, 1.54) is 18.9 Å². The van der Waals surface area contributed by atoms with Gasteiger partial charge >= 0.3 is 0 Å². The summed E-state index contributed by atoms with van der Waals surface area (Å²) in [5.41, 5.74) is 6.53. The lowest BCUT2D eigenvalue weighted by Crippen LogP contribution is -2.13. The Balaban J connectivity index is 2.05. The van der Waals surface area contributed by atoms with Gasteiger partial charge in [0.05, 0.1) is 0 Å². The first-order valence-corrected chi connectivity index (χ1v) is 5.64. The van der Waals surface area contributed by atoms with Gasteiger partial charge in [-0.25, -0.2) is 8.78 Å². The van der Waals surface area contributed by atoms with Gasteiger partial charge in [-0.3, -0.25) is 4.98 Å². The minimum Gasteiger partial charge on any atom is -0.330 e. The van der Waals surface area contributed by atoms with Gasteiger partial charge in [0.25, 0.3) is 6.43 Å². The number of aromatic nitrogens is 1. The van der Waals surface area contributed by atoms with Crippen LogP contribution in [0.3, 0.4) is 0 Å². The van der Waals surface area contributed by atoms with E-state index in [2.05, 4.69) is 4.98 Å². The molecule has 4 heteroatoms. The first kappa shape index (κ1) is 11.5. The highest BCUT2D eigenvalue weighted by Crippen LogP contribution is 2.38. The van der Waals surface area contributed by atoms with Crippen molar-refractivity contribution in [3.05, 3.63) is 29.6 Å². The van der Waals surface area contributed by atoms with Gasteiger partial charge in [-0.05, 0) is 36.4 Å². The molecule has 0 amide bonds. The minimum absolute atomic E-state index is 0.161. The molecule has 1 saturated carbocycles. The highest BCUT2D eigenvalue weighted by molar-refractivity contribution is 5.19. The monoisotopic (exact) mass is 226 g/mol. The molecular formula is C12H16F2N2. The van der Waals surface area contributed by atoms with Crippen molar-refractivity contribution in [1.29, 1.82) is 0 Å². The molecule has 0 unspecified atom stereocenters. The van der Waals surface area contributed by atoms with E-state index in [-0.39, 0.29) is 11.6 Å². The zero-order valence-electron chi connectivity index (χ0n) is 9.07. The number of hydrogen-bond acceptors (Lipinski definition) is 2. The summed E-state index contributed by atoms with van der Waals surface area (Å²) in [6.45, 7) is 0.562. The quantitative estimate of drug-likeness (QED) is 0.838. The van der Waals surface area contributed by atoms with E-state index in [1.807, 2.05) is 0 Å². The zero-order chi connectivity index (χ0) is 11.5. The Kier molecular flexibility index (Phi) is 3.49. The molecule has 1 aliphatic rings. The molecule has 2 N–H and O–H groups in total. The van der Waals surface area contributed by atoms with Gasteiger partial charge in [0.2, 0.25) is 0 Å². The SMILES string of the molecule is NC[C@@H](CC1CC1)c1ccc(C(F)F)nc1. The second-order valence-corrected chi connectivity index (χ2v) is 4.43. The van der Waals surface area contributed by atoms with Gasteiger partial charge in [0, 0.05) is 6.20 Å². The van der Waals surface area contributed by atoms with Crippen LogP contribution < -0.4 is 5.73 Å².